The number of halogens is 2. The molecule has 1 fully saturated rings. The van der Waals surface area contributed by atoms with Gasteiger partial charge in [-0.25, -0.2) is 4.39 Å². The first-order valence-corrected chi connectivity index (χ1v) is 16.2. The molecular weight excluding hydrogens is 611 g/mol. The molecule has 6 N–H and O–H groups in total. The molecule has 1 saturated heterocycles. The molecule has 41 heavy (non-hydrogen) atoms. The minimum absolute atomic E-state index is 0.170. The Labute approximate surface area is 251 Å². The molecule has 1 heterocycles. The van der Waals surface area contributed by atoms with Gasteiger partial charge >= 0.3 is 0 Å². The van der Waals surface area contributed by atoms with Gasteiger partial charge in [0.25, 0.3) is 5.91 Å². The second kappa shape index (κ2) is 14.5. The normalized spacial score (nSPS) is 17.0. The third-order valence-corrected chi connectivity index (χ3v) is 9.31. The van der Waals surface area contributed by atoms with Crippen molar-refractivity contribution in [3.63, 3.8) is 0 Å². The van der Waals surface area contributed by atoms with E-state index < -0.39 is 22.9 Å². The highest BCUT2D eigenvalue weighted by Gasteiger charge is 2.28. The lowest BCUT2D eigenvalue weighted by molar-refractivity contribution is 0.0830. The fourth-order valence-electron chi connectivity index (χ4n) is 4.92. The molecule has 1 aliphatic rings. The monoisotopic (exact) mass is 648 g/mol. The van der Waals surface area contributed by atoms with E-state index in [4.69, 9.17) is 0 Å². The predicted octanol–water partition coefficient (Wildman–Crippen LogP) is 5.78. The van der Waals surface area contributed by atoms with Crippen LogP contribution in [0.3, 0.4) is 0 Å². The van der Waals surface area contributed by atoms with Crippen LogP contribution in [-0.4, -0.2) is 57.7 Å². The first kappa shape index (κ1) is 31.3. The van der Waals surface area contributed by atoms with Crippen LogP contribution in [0.25, 0.3) is 0 Å². The maximum absolute atomic E-state index is 13.8. The number of amides is 1. The second-order valence-corrected chi connectivity index (χ2v) is 13.2. The Morgan fingerprint density at radius 2 is 1.85 bits per heavy atom. The van der Waals surface area contributed by atoms with Crippen LogP contribution < -0.4 is 20.3 Å². The van der Waals surface area contributed by atoms with E-state index in [0.717, 1.165) is 24.0 Å². The zero-order chi connectivity index (χ0) is 29.4. The van der Waals surface area contributed by atoms with Gasteiger partial charge in [0, 0.05) is 41.9 Å². The summed E-state index contributed by atoms with van der Waals surface area (Å²) >= 11 is 3.30. The van der Waals surface area contributed by atoms with Gasteiger partial charge in [-0.15, -0.1) is 10.8 Å². The predicted molar refractivity (Wildman–Crippen MR) is 168 cm³/mol. The lowest BCUT2D eigenvalue weighted by Gasteiger charge is -2.47. The summed E-state index contributed by atoms with van der Waals surface area (Å²) in [7, 11) is -2.97. The third kappa shape index (κ3) is 8.91. The largest absolute Gasteiger partial charge is 0.390 e. The van der Waals surface area contributed by atoms with Crippen LogP contribution in [0.15, 0.2) is 71.2 Å². The second-order valence-electron chi connectivity index (χ2n) is 10.2. The zero-order valence-electron chi connectivity index (χ0n) is 23.0. The first-order chi connectivity index (χ1) is 19.6. The van der Waals surface area contributed by atoms with Gasteiger partial charge in [-0.2, -0.15) is 0 Å². The molecule has 1 aliphatic heterocycles. The molecule has 0 radical (unpaired) electrons. The Hall–Kier alpha value is -2.67. The van der Waals surface area contributed by atoms with E-state index >= 15 is 0 Å². The number of aliphatic hydroxyl groups excluding tert-OH is 1. The highest BCUT2D eigenvalue weighted by Crippen LogP contribution is 2.50. The summed E-state index contributed by atoms with van der Waals surface area (Å²) in [4.78, 5) is 13.6. The van der Waals surface area contributed by atoms with Crippen LogP contribution in [0, 0.1) is 5.82 Å². The Morgan fingerprint density at radius 1 is 1.07 bits per heavy atom. The quantitative estimate of drug-likeness (QED) is 0.147. The fraction of sp³-hybridized carbons (Fsp3) is 0.367. The summed E-state index contributed by atoms with van der Waals surface area (Å²) in [6, 6.07) is 18.8. The molecule has 2 atom stereocenters. The number of nitrogens with zero attached hydrogens (tertiary/aromatic N) is 1. The summed E-state index contributed by atoms with van der Waals surface area (Å²) < 4.78 is 37.4. The Balaban J connectivity index is 1.53. The smallest absolute Gasteiger partial charge is 0.251 e. The minimum Gasteiger partial charge on any atom is -0.390 e. The molecule has 0 unspecified atom stereocenters. The highest BCUT2D eigenvalue weighted by atomic mass is 79.9. The fourth-order valence-corrected chi connectivity index (χ4v) is 7.11. The molecule has 222 valence electrons. The van der Waals surface area contributed by atoms with E-state index in [9.17, 15) is 23.4 Å². The van der Waals surface area contributed by atoms with Gasteiger partial charge in [-0.3, -0.25) is 18.2 Å². The summed E-state index contributed by atoms with van der Waals surface area (Å²) in [6.45, 7) is 3.58. The average molecular weight is 650 g/mol. The van der Waals surface area contributed by atoms with E-state index in [0.29, 0.717) is 53.2 Å². The Kier molecular flexibility index (Phi) is 11.0. The van der Waals surface area contributed by atoms with Gasteiger partial charge < -0.3 is 21.1 Å². The highest BCUT2D eigenvalue weighted by molar-refractivity contribution is 9.10. The molecule has 0 bridgehead atoms. The van der Waals surface area contributed by atoms with Crippen LogP contribution in [0.4, 0.5) is 15.8 Å². The molecule has 0 aromatic heterocycles. The number of carbonyl (C=O) groups is 1. The van der Waals surface area contributed by atoms with Crippen molar-refractivity contribution < 1.29 is 23.4 Å². The van der Waals surface area contributed by atoms with Crippen LogP contribution in [0.5, 0.6) is 0 Å². The van der Waals surface area contributed by atoms with Crippen LogP contribution in [0.1, 0.15) is 41.3 Å². The Morgan fingerprint density at radius 3 is 2.56 bits per heavy atom. The summed E-state index contributed by atoms with van der Waals surface area (Å²) in [6.07, 6.45) is 1.02. The number of nitrogens with one attached hydrogen (secondary N) is 3. The van der Waals surface area contributed by atoms with E-state index in [1.807, 2.05) is 43.3 Å². The summed E-state index contributed by atoms with van der Waals surface area (Å²) in [5, 5.41) is 20.6. The van der Waals surface area contributed by atoms with Gasteiger partial charge in [0.2, 0.25) is 0 Å². The van der Waals surface area contributed by atoms with Crippen molar-refractivity contribution in [2.24, 2.45) is 0 Å². The lowest BCUT2D eigenvalue weighted by atomic mass is 10.00. The van der Waals surface area contributed by atoms with Crippen molar-refractivity contribution in [2.45, 2.75) is 44.9 Å². The molecule has 11 heteroatoms. The van der Waals surface area contributed by atoms with Crippen molar-refractivity contribution in [1.82, 2.24) is 10.6 Å². The van der Waals surface area contributed by atoms with E-state index in [2.05, 4.69) is 31.9 Å². The van der Waals surface area contributed by atoms with E-state index in [1.54, 1.807) is 22.5 Å². The number of carbonyl (C=O) groups excluding carboxylic acids is 1. The lowest BCUT2D eigenvalue weighted by Crippen LogP contribution is -2.48. The maximum Gasteiger partial charge on any atom is 0.251 e. The maximum atomic E-state index is 13.8. The summed E-state index contributed by atoms with van der Waals surface area (Å²) in [5.41, 5.74) is 3.29. The Bertz CT molecular complexity index is 1300. The summed E-state index contributed by atoms with van der Waals surface area (Å²) in [5.74, 6) is -0.436. The number of anilines is 2. The molecule has 4 rings (SSSR count). The number of rotatable bonds is 12. The molecule has 3 aromatic rings. The molecule has 3 aromatic carbocycles. The van der Waals surface area contributed by atoms with Crippen molar-refractivity contribution in [3.8, 4) is 0 Å². The van der Waals surface area contributed by atoms with Crippen molar-refractivity contribution in [2.75, 3.05) is 35.0 Å². The SMILES string of the molecule is CCNc1cc(C(=O)N[C@@H](Cc2ccccc2)[C@@H](O)CNCc2cc(F)cc(Br)c2)cc(N2CCCCS2(O)O)c1. The third-order valence-electron chi connectivity index (χ3n) is 6.92. The van der Waals surface area contributed by atoms with Crippen LogP contribution >= 0.6 is 26.7 Å². The van der Waals surface area contributed by atoms with Gasteiger partial charge in [-0.05, 0) is 73.7 Å². The van der Waals surface area contributed by atoms with Gasteiger partial charge in [-0.1, -0.05) is 46.3 Å². The van der Waals surface area contributed by atoms with Crippen molar-refractivity contribution >= 4 is 44.0 Å². The molecule has 0 aliphatic carbocycles. The topological polar surface area (TPSA) is 117 Å². The number of benzene rings is 3. The van der Waals surface area contributed by atoms with Crippen molar-refractivity contribution in [1.29, 1.82) is 0 Å². The first-order valence-electron chi connectivity index (χ1n) is 13.8. The van der Waals surface area contributed by atoms with Gasteiger partial charge in [0.15, 0.2) is 0 Å². The van der Waals surface area contributed by atoms with Gasteiger partial charge in [0.1, 0.15) is 5.82 Å². The van der Waals surface area contributed by atoms with Crippen LogP contribution in [-0.2, 0) is 13.0 Å². The average Bonchev–Trinajstić information content (AvgIpc) is 2.92. The zero-order valence-corrected chi connectivity index (χ0v) is 25.4. The van der Waals surface area contributed by atoms with Crippen molar-refractivity contribution in [3.05, 3.63) is 93.7 Å². The molecule has 0 saturated carbocycles. The molecule has 0 spiro atoms. The number of hydrogen-bond donors (Lipinski definition) is 6. The van der Waals surface area contributed by atoms with E-state index in [-0.39, 0.29) is 18.3 Å². The number of aliphatic hydroxyl groups is 1. The van der Waals surface area contributed by atoms with Crippen LogP contribution in [0.2, 0.25) is 0 Å². The standard InChI is InChI=1S/C30H38BrFN4O4S/c1-2-34-26-15-23(16-27(18-26)36-10-6-7-11-41(36,39)40)30(38)35-28(14-21-8-4-3-5-9-21)29(37)20-33-19-22-12-24(31)17-25(32)13-22/h3-5,8-9,12-13,15-18,28-29,33-34,37,39-40H,2,6-7,10-11,14,19-20H2,1H3,(H,35,38)/t28-,29-/m0/s1. The number of hydrogen-bond acceptors (Lipinski definition) is 7. The molecule has 8 nitrogen and oxygen atoms in total. The van der Waals surface area contributed by atoms with Gasteiger partial charge in [0.05, 0.1) is 23.6 Å². The molecule has 1 amide bonds. The molecular formula is C30H38BrFN4O4S. The minimum atomic E-state index is -2.97. The van der Waals surface area contributed by atoms with E-state index in [1.165, 1.54) is 12.1 Å².